The van der Waals surface area contributed by atoms with Crippen LogP contribution in [0.2, 0.25) is 0 Å². The smallest absolute Gasteiger partial charge is 0.324 e. The first-order valence-electron chi connectivity index (χ1n) is 4.97. The average Bonchev–Trinajstić information content (AvgIpc) is 2.16. The SMILES string of the molecule is [N-]=[N+]=CC(=O)C12CCCCC1CC2=O. The van der Waals surface area contributed by atoms with Crippen LogP contribution in [0, 0.1) is 11.3 Å². The molecule has 4 heteroatoms. The Labute approximate surface area is 81.9 Å². The molecule has 0 spiro atoms. The minimum Gasteiger partial charge on any atom is -0.361 e. The molecule has 0 bridgehead atoms. The Morgan fingerprint density at radius 3 is 2.93 bits per heavy atom. The monoisotopic (exact) mass is 192 g/mol. The summed E-state index contributed by atoms with van der Waals surface area (Å²) in [4.78, 5) is 25.9. The molecule has 0 heterocycles. The minimum absolute atomic E-state index is 0.0344. The van der Waals surface area contributed by atoms with E-state index >= 15 is 0 Å². The van der Waals surface area contributed by atoms with Crippen molar-refractivity contribution in [3.63, 3.8) is 0 Å². The van der Waals surface area contributed by atoms with E-state index in [4.69, 9.17) is 5.53 Å². The first-order valence-corrected chi connectivity index (χ1v) is 4.97. The van der Waals surface area contributed by atoms with Crippen molar-refractivity contribution < 1.29 is 14.4 Å². The Morgan fingerprint density at radius 2 is 2.36 bits per heavy atom. The molecule has 2 atom stereocenters. The van der Waals surface area contributed by atoms with Crippen molar-refractivity contribution >= 4 is 17.8 Å². The van der Waals surface area contributed by atoms with Crippen LogP contribution in [0.25, 0.3) is 5.53 Å². The van der Waals surface area contributed by atoms with Crippen LogP contribution < -0.4 is 0 Å². The number of nitrogens with zero attached hydrogens (tertiary/aromatic N) is 2. The number of hydrogen-bond donors (Lipinski definition) is 0. The van der Waals surface area contributed by atoms with Crippen molar-refractivity contribution in [3.8, 4) is 0 Å². The van der Waals surface area contributed by atoms with Crippen molar-refractivity contribution in [1.29, 1.82) is 0 Å². The molecule has 2 aliphatic rings. The van der Waals surface area contributed by atoms with Gasteiger partial charge >= 0.3 is 6.21 Å². The van der Waals surface area contributed by atoms with Crippen LogP contribution in [-0.4, -0.2) is 22.6 Å². The van der Waals surface area contributed by atoms with E-state index in [2.05, 4.69) is 4.79 Å². The zero-order valence-corrected chi connectivity index (χ0v) is 7.90. The molecule has 2 fully saturated rings. The molecule has 0 radical (unpaired) electrons. The fourth-order valence-electron chi connectivity index (χ4n) is 2.79. The van der Waals surface area contributed by atoms with Gasteiger partial charge in [0.05, 0.1) is 0 Å². The number of Topliss-reactive ketones (excluding diaryl/α,β-unsaturated/α-hetero) is 2. The Balaban J connectivity index is 2.30. The molecule has 2 aliphatic carbocycles. The standard InChI is InChI=1S/C10H12N2O2/c11-12-6-9(14)10-4-2-1-3-7(10)5-8(10)13/h6-7H,1-5H2. The van der Waals surface area contributed by atoms with Gasteiger partial charge in [0.25, 0.3) is 0 Å². The third-order valence-corrected chi connectivity index (χ3v) is 3.61. The number of ketones is 2. The van der Waals surface area contributed by atoms with Gasteiger partial charge in [0.15, 0.2) is 0 Å². The van der Waals surface area contributed by atoms with E-state index in [-0.39, 0.29) is 17.5 Å². The second-order valence-electron chi connectivity index (χ2n) is 4.15. The maximum Gasteiger partial charge on any atom is 0.324 e. The quantitative estimate of drug-likeness (QED) is 0.283. The van der Waals surface area contributed by atoms with Crippen LogP contribution in [0.3, 0.4) is 0 Å². The molecule has 0 aliphatic heterocycles. The van der Waals surface area contributed by atoms with Gasteiger partial charge in [-0.2, -0.15) is 4.79 Å². The first kappa shape index (κ1) is 9.28. The van der Waals surface area contributed by atoms with Crippen molar-refractivity contribution in [2.45, 2.75) is 32.1 Å². The highest BCUT2D eigenvalue weighted by molar-refractivity contribution is 6.35. The van der Waals surface area contributed by atoms with Crippen LogP contribution in [0.1, 0.15) is 32.1 Å². The summed E-state index contributed by atoms with van der Waals surface area (Å²) >= 11 is 0. The highest BCUT2D eigenvalue weighted by Crippen LogP contribution is 2.53. The topological polar surface area (TPSA) is 70.5 Å². The Kier molecular flexibility index (Phi) is 2.08. The van der Waals surface area contributed by atoms with Crippen LogP contribution in [0.5, 0.6) is 0 Å². The first-order chi connectivity index (χ1) is 6.71. The van der Waals surface area contributed by atoms with E-state index < -0.39 is 5.41 Å². The Bertz CT molecular complexity index is 344. The number of carbonyl (C=O) groups excluding carboxylic acids is 2. The molecule has 0 saturated heterocycles. The summed E-state index contributed by atoms with van der Waals surface area (Å²) in [5.41, 5.74) is 7.51. The van der Waals surface area contributed by atoms with Crippen molar-refractivity contribution in [2.75, 3.05) is 0 Å². The predicted octanol–water partition coefficient (Wildman–Crippen LogP) is 1.01. The van der Waals surface area contributed by atoms with E-state index in [1.54, 1.807) is 0 Å². The van der Waals surface area contributed by atoms with Gasteiger partial charge in [0, 0.05) is 6.42 Å². The molecule has 74 valence electrons. The Morgan fingerprint density at radius 1 is 1.57 bits per heavy atom. The van der Waals surface area contributed by atoms with Crippen LogP contribution in [-0.2, 0) is 9.59 Å². The van der Waals surface area contributed by atoms with Gasteiger partial charge in [-0.05, 0) is 18.8 Å². The fourth-order valence-corrected chi connectivity index (χ4v) is 2.79. The molecule has 14 heavy (non-hydrogen) atoms. The molecule has 0 aromatic carbocycles. The van der Waals surface area contributed by atoms with Gasteiger partial charge in [-0.1, -0.05) is 12.8 Å². The van der Waals surface area contributed by atoms with Gasteiger partial charge in [-0.3, -0.25) is 9.59 Å². The second-order valence-corrected chi connectivity index (χ2v) is 4.15. The molecule has 2 saturated carbocycles. The van der Waals surface area contributed by atoms with Gasteiger partial charge in [-0.25, -0.2) is 0 Å². The molecule has 4 nitrogen and oxygen atoms in total. The van der Waals surface area contributed by atoms with Crippen LogP contribution >= 0.6 is 0 Å². The number of hydrogen-bond acceptors (Lipinski definition) is 2. The van der Waals surface area contributed by atoms with Gasteiger partial charge in [-0.15, -0.1) is 0 Å². The van der Waals surface area contributed by atoms with Gasteiger partial charge in [0.1, 0.15) is 11.2 Å². The summed E-state index contributed by atoms with van der Waals surface area (Å²) in [6.45, 7) is 0. The highest BCUT2D eigenvalue weighted by Gasteiger charge is 2.60. The lowest BCUT2D eigenvalue weighted by Gasteiger charge is -2.48. The molecule has 2 rings (SSSR count). The van der Waals surface area contributed by atoms with E-state index in [0.717, 1.165) is 25.5 Å². The molecule has 0 aromatic heterocycles. The maximum absolute atomic E-state index is 11.7. The van der Waals surface area contributed by atoms with Crippen molar-refractivity contribution in [1.82, 2.24) is 0 Å². The molecule has 0 amide bonds. The second kappa shape index (κ2) is 3.14. The third-order valence-electron chi connectivity index (χ3n) is 3.61. The lowest BCUT2D eigenvalue weighted by atomic mass is 9.51. The minimum atomic E-state index is -0.801. The molecule has 0 aromatic rings. The van der Waals surface area contributed by atoms with Crippen molar-refractivity contribution in [2.24, 2.45) is 11.3 Å². The lowest BCUT2D eigenvalue weighted by molar-refractivity contribution is -0.158. The summed E-state index contributed by atoms with van der Waals surface area (Å²) in [6.07, 6.45) is 5.04. The van der Waals surface area contributed by atoms with Gasteiger partial charge in [0.2, 0.25) is 5.78 Å². The van der Waals surface area contributed by atoms with Crippen molar-refractivity contribution in [3.05, 3.63) is 5.53 Å². The molecular weight excluding hydrogens is 180 g/mol. The third kappa shape index (κ3) is 1.01. The lowest BCUT2D eigenvalue weighted by Crippen LogP contribution is -2.57. The Hall–Kier alpha value is -1.28. The average molecular weight is 192 g/mol. The summed E-state index contributed by atoms with van der Waals surface area (Å²) < 4.78 is 0. The normalized spacial score (nSPS) is 35.1. The van der Waals surface area contributed by atoms with E-state index in [0.29, 0.717) is 12.8 Å². The summed E-state index contributed by atoms with van der Waals surface area (Å²) in [7, 11) is 0. The number of rotatable bonds is 2. The summed E-state index contributed by atoms with van der Waals surface area (Å²) in [5.74, 6) is -0.0673. The maximum atomic E-state index is 11.7. The van der Waals surface area contributed by atoms with E-state index in [1.165, 1.54) is 0 Å². The van der Waals surface area contributed by atoms with Crippen LogP contribution in [0.4, 0.5) is 0 Å². The molecule has 0 N–H and O–H groups in total. The molecule has 2 unspecified atom stereocenters. The summed E-state index contributed by atoms with van der Waals surface area (Å²) in [6, 6.07) is 0. The zero-order chi connectivity index (χ0) is 10.2. The summed E-state index contributed by atoms with van der Waals surface area (Å²) in [5, 5.41) is 0. The van der Waals surface area contributed by atoms with Crippen LogP contribution in [0.15, 0.2) is 0 Å². The van der Waals surface area contributed by atoms with E-state index in [9.17, 15) is 9.59 Å². The fraction of sp³-hybridized carbons (Fsp3) is 0.700. The van der Waals surface area contributed by atoms with E-state index in [1.807, 2.05) is 0 Å². The number of carbonyl (C=O) groups is 2. The number of fused-ring (bicyclic) bond motifs is 1. The zero-order valence-electron chi connectivity index (χ0n) is 7.90. The van der Waals surface area contributed by atoms with Gasteiger partial charge < -0.3 is 5.53 Å². The highest BCUT2D eigenvalue weighted by atomic mass is 16.2. The molecular formula is C10H12N2O2. The largest absolute Gasteiger partial charge is 0.361 e. The predicted molar refractivity (Wildman–Crippen MR) is 48.7 cm³/mol.